The van der Waals surface area contributed by atoms with Crippen molar-refractivity contribution in [2.24, 2.45) is 7.05 Å². The lowest BCUT2D eigenvalue weighted by Crippen LogP contribution is -2.04. The maximum atomic E-state index is 13.3. The van der Waals surface area contributed by atoms with E-state index in [-0.39, 0.29) is 11.7 Å². The second-order valence-corrected chi connectivity index (χ2v) is 5.25. The Kier molecular flexibility index (Phi) is 4.47. The topological polar surface area (TPSA) is 27.1 Å². The van der Waals surface area contributed by atoms with Crippen molar-refractivity contribution < 1.29 is 9.13 Å². The summed E-state index contributed by atoms with van der Waals surface area (Å²) < 4.78 is 21.6. The number of aromatic nitrogens is 2. The minimum Gasteiger partial charge on any atom is -0.487 e. The molecule has 0 saturated heterocycles. The summed E-state index contributed by atoms with van der Waals surface area (Å²) >= 11 is 9.16. The highest BCUT2D eigenvalue weighted by Gasteiger charge is 2.11. The molecule has 19 heavy (non-hydrogen) atoms. The average Bonchev–Trinajstić information content (AvgIpc) is 2.60. The molecule has 2 aromatic rings. The van der Waals surface area contributed by atoms with Gasteiger partial charge in [0, 0.05) is 19.0 Å². The Hall–Kier alpha value is -1.07. The highest BCUT2D eigenvalue weighted by molar-refractivity contribution is 9.10. The summed E-state index contributed by atoms with van der Waals surface area (Å²) in [7, 11) is 1.84. The zero-order valence-electron chi connectivity index (χ0n) is 10.6. The molecule has 0 aliphatic rings. The molecule has 0 amide bonds. The molecule has 0 N–H and O–H groups in total. The van der Waals surface area contributed by atoms with Crippen LogP contribution in [0.15, 0.2) is 22.7 Å². The van der Waals surface area contributed by atoms with Crippen molar-refractivity contribution in [2.45, 2.75) is 19.4 Å². The molecule has 0 bridgehead atoms. The quantitative estimate of drug-likeness (QED) is 0.783. The van der Waals surface area contributed by atoms with E-state index in [4.69, 9.17) is 16.3 Å². The molecule has 0 aliphatic heterocycles. The number of alkyl halides is 1. The average molecular weight is 348 g/mol. The van der Waals surface area contributed by atoms with Crippen molar-refractivity contribution >= 4 is 27.5 Å². The molecule has 3 nitrogen and oxygen atoms in total. The Labute approximate surface area is 124 Å². The van der Waals surface area contributed by atoms with Crippen molar-refractivity contribution in [1.29, 1.82) is 0 Å². The number of aryl methyl sites for hydroxylation is 2. The molecule has 0 atom stereocenters. The normalized spacial score (nSPS) is 10.8. The first-order chi connectivity index (χ1) is 9.01. The summed E-state index contributed by atoms with van der Waals surface area (Å²) in [6.07, 6.45) is 0. The molecule has 1 aromatic heterocycles. The van der Waals surface area contributed by atoms with Crippen molar-refractivity contribution in [1.82, 2.24) is 9.78 Å². The number of benzene rings is 1. The van der Waals surface area contributed by atoms with Crippen LogP contribution >= 0.6 is 27.5 Å². The van der Waals surface area contributed by atoms with Crippen LogP contribution in [0, 0.1) is 12.7 Å². The van der Waals surface area contributed by atoms with Gasteiger partial charge in [-0.1, -0.05) is 0 Å². The molecular weight excluding hydrogens is 335 g/mol. The molecule has 1 aromatic carbocycles. The van der Waals surface area contributed by atoms with Gasteiger partial charge in [-0.2, -0.15) is 5.10 Å². The Morgan fingerprint density at radius 1 is 1.42 bits per heavy atom. The van der Waals surface area contributed by atoms with Gasteiger partial charge in [-0.05, 0) is 40.5 Å². The highest BCUT2D eigenvalue weighted by atomic mass is 79.9. The first-order valence-corrected chi connectivity index (χ1v) is 7.00. The van der Waals surface area contributed by atoms with Gasteiger partial charge in [0.1, 0.15) is 18.2 Å². The molecule has 1 heterocycles. The van der Waals surface area contributed by atoms with Crippen molar-refractivity contribution in [3.63, 3.8) is 0 Å². The lowest BCUT2D eigenvalue weighted by Gasteiger charge is -2.08. The van der Waals surface area contributed by atoms with Crippen LogP contribution in [0.1, 0.15) is 17.0 Å². The number of halogens is 3. The van der Waals surface area contributed by atoms with Crippen LogP contribution < -0.4 is 4.74 Å². The van der Waals surface area contributed by atoms with E-state index < -0.39 is 0 Å². The number of ether oxygens (including phenoxy) is 1. The summed E-state index contributed by atoms with van der Waals surface area (Å²) in [5.41, 5.74) is 2.48. The monoisotopic (exact) mass is 346 g/mol. The third kappa shape index (κ3) is 3.28. The molecule has 0 spiro atoms. The number of hydrogen-bond donors (Lipinski definition) is 0. The molecular formula is C13H13BrClFN2O. The Morgan fingerprint density at radius 2 is 2.16 bits per heavy atom. The van der Waals surface area contributed by atoms with Crippen LogP contribution in [-0.4, -0.2) is 9.78 Å². The van der Waals surface area contributed by atoms with E-state index >= 15 is 0 Å². The van der Waals surface area contributed by atoms with E-state index in [0.29, 0.717) is 17.9 Å². The lowest BCUT2D eigenvalue weighted by molar-refractivity contribution is 0.292. The second kappa shape index (κ2) is 5.92. The zero-order valence-corrected chi connectivity index (χ0v) is 12.9. The fourth-order valence-electron chi connectivity index (χ4n) is 1.77. The van der Waals surface area contributed by atoms with Crippen molar-refractivity contribution in [2.75, 3.05) is 0 Å². The molecule has 2 rings (SSSR count). The lowest BCUT2D eigenvalue weighted by atomic mass is 10.2. The molecule has 0 fully saturated rings. The fourth-order valence-corrected chi connectivity index (χ4v) is 2.37. The van der Waals surface area contributed by atoms with Gasteiger partial charge >= 0.3 is 0 Å². The second-order valence-electron chi connectivity index (χ2n) is 4.19. The van der Waals surface area contributed by atoms with Crippen LogP contribution in [0.25, 0.3) is 0 Å². The van der Waals surface area contributed by atoms with Crippen molar-refractivity contribution in [3.05, 3.63) is 45.4 Å². The van der Waals surface area contributed by atoms with Crippen molar-refractivity contribution in [3.8, 4) is 5.75 Å². The van der Waals surface area contributed by atoms with Gasteiger partial charge in [-0.15, -0.1) is 11.6 Å². The minimum atomic E-state index is -0.353. The van der Waals surface area contributed by atoms with Gasteiger partial charge < -0.3 is 4.74 Å². The molecule has 0 saturated carbocycles. The summed E-state index contributed by atoms with van der Waals surface area (Å²) in [4.78, 5) is 0. The first-order valence-electron chi connectivity index (χ1n) is 5.67. The van der Waals surface area contributed by atoms with E-state index in [9.17, 15) is 4.39 Å². The van der Waals surface area contributed by atoms with E-state index in [1.807, 2.05) is 14.0 Å². The molecule has 0 radical (unpaired) electrons. The summed E-state index contributed by atoms with van der Waals surface area (Å²) in [5.74, 6) is 0.359. The predicted molar refractivity (Wildman–Crippen MR) is 75.9 cm³/mol. The number of rotatable bonds is 4. The number of nitrogens with zero attached hydrogens (tertiary/aromatic N) is 2. The smallest absolute Gasteiger partial charge is 0.131 e. The first kappa shape index (κ1) is 14.3. The van der Waals surface area contributed by atoms with Crippen LogP contribution in [0.4, 0.5) is 4.39 Å². The maximum absolute atomic E-state index is 13.3. The summed E-state index contributed by atoms with van der Waals surface area (Å²) in [6.45, 7) is 2.21. The number of hydrogen-bond acceptors (Lipinski definition) is 2. The van der Waals surface area contributed by atoms with E-state index in [2.05, 4.69) is 21.0 Å². The highest BCUT2D eigenvalue weighted by Crippen LogP contribution is 2.23. The predicted octanol–water partition coefficient (Wildman–Crippen LogP) is 3.95. The maximum Gasteiger partial charge on any atom is 0.131 e. The summed E-state index contributed by atoms with van der Waals surface area (Å²) in [5, 5.41) is 4.27. The van der Waals surface area contributed by atoms with E-state index in [1.165, 1.54) is 12.1 Å². The van der Waals surface area contributed by atoms with Crippen LogP contribution in [0.2, 0.25) is 0 Å². The Balaban J connectivity index is 2.16. The van der Waals surface area contributed by atoms with Gasteiger partial charge in [0.25, 0.3) is 0 Å². The van der Waals surface area contributed by atoms with E-state index in [0.717, 1.165) is 15.9 Å². The fraction of sp³-hybridized carbons (Fsp3) is 0.308. The molecule has 6 heteroatoms. The van der Waals surface area contributed by atoms with Gasteiger partial charge in [0.05, 0.1) is 15.9 Å². The van der Waals surface area contributed by atoms with Crippen LogP contribution in [0.5, 0.6) is 5.75 Å². The third-order valence-corrected chi connectivity index (χ3v) is 4.06. The van der Waals surface area contributed by atoms with Gasteiger partial charge in [0.2, 0.25) is 0 Å². The minimum absolute atomic E-state index is 0.253. The zero-order chi connectivity index (χ0) is 14.0. The van der Waals surface area contributed by atoms with Gasteiger partial charge in [-0.3, -0.25) is 4.68 Å². The van der Waals surface area contributed by atoms with Crippen LogP contribution in [-0.2, 0) is 19.5 Å². The largest absolute Gasteiger partial charge is 0.487 e. The molecule has 102 valence electrons. The molecule has 0 unspecified atom stereocenters. The standard InChI is InChI=1S/C13H13BrClFN2O/c1-8-13(14)12(18(2)17-8)7-19-11-4-9(6-15)3-10(16)5-11/h3-5H,6-7H2,1-2H3. The Bertz CT molecular complexity index is 601. The third-order valence-electron chi connectivity index (χ3n) is 2.72. The van der Waals surface area contributed by atoms with E-state index in [1.54, 1.807) is 10.7 Å². The van der Waals surface area contributed by atoms with Crippen LogP contribution in [0.3, 0.4) is 0 Å². The Morgan fingerprint density at radius 3 is 2.74 bits per heavy atom. The molecule has 0 aliphatic carbocycles. The van der Waals surface area contributed by atoms with Gasteiger partial charge in [0.15, 0.2) is 0 Å². The SMILES string of the molecule is Cc1nn(C)c(COc2cc(F)cc(CCl)c2)c1Br. The van der Waals surface area contributed by atoms with Gasteiger partial charge in [-0.25, -0.2) is 4.39 Å². The summed E-state index contributed by atoms with van der Waals surface area (Å²) in [6, 6.07) is 4.46.